The number of benzene rings is 3. The van der Waals surface area contributed by atoms with E-state index in [4.69, 9.17) is 4.08 Å². The van der Waals surface area contributed by atoms with Gasteiger partial charge in [0.2, 0.25) is 0 Å². The molecule has 6 heteroatoms. The summed E-state index contributed by atoms with van der Waals surface area (Å²) in [5, 5.41) is 1.55. The van der Waals surface area contributed by atoms with Crippen molar-refractivity contribution in [1.29, 1.82) is 0 Å². The predicted molar refractivity (Wildman–Crippen MR) is 92.2 cm³/mol. The van der Waals surface area contributed by atoms with Crippen molar-refractivity contribution in [3.63, 3.8) is 0 Å². The van der Waals surface area contributed by atoms with Crippen LogP contribution in [0, 0.1) is 10.8 Å². The van der Waals surface area contributed by atoms with E-state index < -0.39 is 24.0 Å². The first-order chi connectivity index (χ1) is 12.1. The first-order valence-electron chi connectivity index (χ1n) is 7.63. The molecule has 0 saturated heterocycles. The van der Waals surface area contributed by atoms with Crippen molar-refractivity contribution in [3.8, 4) is 0 Å². The van der Waals surface area contributed by atoms with E-state index in [0.29, 0.717) is 15.9 Å². The molecule has 0 N–H and O–H groups in total. The topological polar surface area (TPSA) is 55.3 Å². The molecule has 130 valence electrons. The van der Waals surface area contributed by atoms with Gasteiger partial charge in [0, 0.05) is 0 Å². The number of halogens is 2. The Hall–Kier alpha value is -1.81. The van der Waals surface area contributed by atoms with Crippen LogP contribution in [-0.2, 0) is 4.08 Å². The zero-order chi connectivity index (χ0) is 17.8. The molecule has 0 bridgehead atoms. The van der Waals surface area contributed by atoms with Gasteiger partial charge in [0.1, 0.15) is 0 Å². The minimum absolute atomic E-state index is 0.516. The van der Waals surface area contributed by atoms with Gasteiger partial charge in [-0.25, -0.2) is 0 Å². The van der Waals surface area contributed by atoms with Gasteiger partial charge in [-0.3, -0.25) is 0 Å². The van der Waals surface area contributed by atoms with Crippen LogP contribution in [0.5, 0.6) is 0 Å². The van der Waals surface area contributed by atoms with Crippen LogP contribution in [0.1, 0.15) is 0 Å². The van der Waals surface area contributed by atoms with Gasteiger partial charge < -0.3 is 0 Å². The zero-order valence-electron chi connectivity index (χ0n) is 13.3. The molecule has 3 nitrogen and oxygen atoms in total. The molecule has 0 aliphatic heterocycles. The molecular formula is C19H17ClFO3P. The third kappa shape index (κ3) is 2.86. The molecule has 3 aromatic rings. The van der Waals surface area contributed by atoms with Crippen molar-refractivity contribution >= 4 is 22.7 Å². The van der Waals surface area contributed by atoms with Crippen LogP contribution in [0.2, 0.25) is 0 Å². The van der Waals surface area contributed by atoms with E-state index in [1.165, 1.54) is 0 Å². The first-order valence-corrected chi connectivity index (χ1v) is 10.9. The quantitative estimate of drug-likeness (QED) is 0.610. The van der Waals surface area contributed by atoms with E-state index in [-0.39, 0.29) is 0 Å². The van der Waals surface area contributed by atoms with E-state index in [9.17, 15) is 9.32 Å². The fourth-order valence-electron chi connectivity index (χ4n) is 3.15. The zero-order valence-corrected chi connectivity index (χ0v) is 14.9. The van der Waals surface area contributed by atoms with Crippen LogP contribution in [-0.4, -0.2) is 6.42 Å². The third-order valence-electron chi connectivity index (χ3n) is 4.34. The summed E-state index contributed by atoms with van der Waals surface area (Å²) in [6.07, 6.45) is -0.970. The predicted octanol–water partition coefficient (Wildman–Crippen LogP) is 1.46. The van der Waals surface area contributed by atoms with Crippen LogP contribution in [0.25, 0.3) is 0 Å². The van der Waals surface area contributed by atoms with Crippen molar-refractivity contribution in [3.05, 3.63) is 91.0 Å². The Balaban J connectivity index is 2.48. The number of hydrogen-bond acceptors (Lipinski definition) is 3. The van der Waals surface area contributed by atoms with E-state index in [1.807, 2.05) is 0 Å². The molecule has 0 amide bonds. The van der Waals surface area contributed by atoms with Gasteiger partial charge in [-0.2, -0.15) is 0 Å². The molecule has 3 aromatic carbocycles. The number of rotatable bonds is 6. The fourth-order valence-corrected chi connectivity index (χ4v) is 8.96. The third-order valence-corrected chi connectivity index (χ3v) is 10.6. The van der Waals surface area contributed by atoms with Crippen LogP contribution in [0.3, 0.4) is 0 Å². The second-order valence-corrected chi connectivity index (χ2v) is 10.7. The van der Waals surface area contributed by atoms with Crippen molar-refractivity contribution in [2.24, 2.45) is 0 Å². The Kier molecular flexibility index (Phi) is 5.19. The fraction of sp³-hybridized carbons (Fsp3) is 0.0526. The van der Waals surface area contributed by atoms with Crippen molar-refractivity contribution in [1.82, 2.24) is 0 Å². The molecule has 0 unspecified atom stereocenters. The standard InChI is InChI=1S/C19H17ClFO3P/c21-16-25(24-20(22)23,17-10-4-1-5-11-17,18-12-6-2-7-13-18)19-14-8-3-9-15-19/h1-15H,16H2. The van der Waals surface area contributed by atoms with Crippen LogP contribution < -0.4 is 25.2 Å². The molecule has 0 spiro atoms. The summed E-state index contributed by atoms with van der Waals surface area (Å²) in [7, 11) is -2.52. The molecule has 0 saturated carbocycles. The van der Waals surface area contributed by atoms with Crippen LogP contribution in [0.4, 0.5) is 4.39 Å². The number of alkyl halides is 1. The molecule has 0 fully saturated rings. The van der Waals surface area contributed by atoms with E-state index in [0.717, 1.165) is 0 Å². The van der Waals surface area contributed by atoms with Gasteiger partial charge in [0.05, 0.1) is 0 Å². The summed E-state index contributed by atoms with van der Waals surface area (Å²) >= 11 is 0. The van der Waals surface area contributed by atoms with E-state index in [2.05, 4.69) is 0 Å². The molecule has 0 aliphatic carbocycles. The van der Waals surface area contributed by atoms with Gasteiger partial charge in [0.25, 0.3) is 0 Å². The van der Waals surface area contributed by atoms with Gasteiger partial charge in [-0.05, 0) is 0 Å². The molecular weight excluding hydrogens is 362 g/mol. The second-order valence-electron chi connectivity index (χ2n) is 5.60. The van der Waals surface area contributed by atoms with Crippen LogP contribution in [0.15, 0.2) is 91.0 Å². The molecule has 0 heterocycles. The average Bonchev–Trinajstić information content (AvgIpc) is 2.68. The van der Waals surface area contributed by atoms with E-state index >= 15 is 4.39 Å². The number of hydrogen-bond donors (Lipinski definition) is 0. The summed E-state index contributed by atoms with van der Waals surface area (Å²) in [4.78, 5) is 0. The Morgan fingerprint density at radius 1 is 0.680 bits per heavy atom. The Morgan fingerprint density at radius 2 is 1.00 bits per heavy atom. The van der Waals surface area contributed by atoms with Gasteiger partial charge in [0.15, 0.2) is 0 Å². The van der Waals surface area contributed by atoms with E-state index in [1.54, 1.807) is 91.0 Å². The SMILES string of the molecule is [O-][Cl+2]([O-])OP(CF)(c1ccccc1)(c1ccccc1)c1ccccc1. The molecule has 0 aliphatic rings. The Labute approximate surface area is 149 Å². The summed E-state index contributed by atoms with van der Waals surface area (Å²) in [6, 6.07) is 26.3. The Morgan fingerprint density at radius 3 is 1.24 bits per heavy atom. The van der Waals surface area contributed by atoms with Crippen molar-refractivity contribution in [2.45, 2.75) is 0 Å². The molecule has 25 heavy (non-hydrogen) atoms. The van der Waals surface area contributed by atoms with Gasteiger partial charge in [-0.15, -0.1) is 0 Å². The van der Waals surface area contributed by atoms with Crippen molar-refractivity contribution < 1.29 is 28.6 Å². The molecule has 0 atom stereocenters. The summed E-state index contributed by atoms with van der Waals surface area (Å²) in [6.45, 7) is -4.32. The first kappa shape index (κ1) is 18.0. The summed E-state index contributed by atoms with van der Waals surface area (Å²) in [5.74, 6) is 0. The summed E-state index contributed by atoms with van der Waals surface area (Å²) in [5.41, 5.74) is 0. The second kappa shape index (κ2) is 7.20. The van der Waals surface area contributed by atoms with Gasteiger partial charge >= 0.3 is 149 Å². The summed E-state index contributed by atoms with van der Waals surface area (Å²) < 4.78 is 44.0. The Bertz CT molecular complexity index is 716. The average molecular weight is 379 g/mol. The monoisotopic (exact) mass is 378 g/mol. The maximum absolute atomic E-state index is 15.0. The minimum atomic E-state index is -4.32. The van der Waals surface area contributed by atoms with Crippen LogP contribution >= 0.6 is 6.83 Å². The molecule has 3 rings (SSSR count). The molecule has 0 aromatic heterocycles. The maximum atomic E-state index is 15.0. The van der Waals surface area contributed by atoms with Gasteiger partial charge in [-0.1, -0.05) is 0 Å². The normalized spacial score (nSPS) is 13.4. The van der Waals surface area contributed by atoms with Crippen molar-refractivity contribution in [2.75, 3.05) is 6.42 Å². The molecule has 0 radical (unpaired) electrons.